The van der Waals surface area contributed by atoms with E-state index in [1.807, 2.05) is 24.3 Å². The number of likely N-dealkylation sites (N-methyl/N-ethyl adjacent to an activating group) is 1. The molecule has 1 aliphatic rings. The fourth-order valence-electron chi connectivity index (χ4n) is 4.03. The molecule has 1 aliphatic carbocycles. The van der Waals surface area contributed by atoms with Crippen LogP contribution in [0.4, 0.5) is 4.79 Å². The maximum Gasteiger partial charge on any atom is 0.410 e. The molecule has 0 radical (unpaired) electrons. The van der Waals surface area contributed by atoms with Crippen LogP contribution in [-0.4, -0.2) is 36.4 Å². The van der Waals surface area contributed by atoms with Gasteiger partial charge in [0, 0.05) is 13.0 Å². The predicted octanol–water partition coefficient (Wildman–Crippen LogP) is 5.91. The number of nitrogens with zero attached hydrogens (tertiary/aromatic N) is 1. The summed E-state index contributed by atoms with van der Waals surface area (Å²) in [6.07, 6.45) is -0.535. The summed E-state index contributed by atoms with van der Waals surface area (Å²) >= 11 is 12.4. The standard InChI is InChI=1S/C24H21Cl2NO3/c1-27(22(13-28)19-11-6-12-21(25)23(19)26)24(29)30-14-20-17-9-4-2-7-15(17)16-8-3-5-10-18(16)20/h2-12,20,22,28H,13-14H2,1H3. The SMILES string of the molecule is CN(C(=O)OCC1c2ccccc2-c2ccccc21)C(CO)c1cccc(Cl)c1Cl. The van der Waals surface area contributed by atoms with Gasteiger partial charge in [-0.2, -0.15) is 0 Å². The fraction of sp³-hybridized carbons (Fsp3) is 0.208. The Kier molecular flexibility index (Phi) is 6.00. The van der Waals surface area contributed by atoms with Crippen LogP contribution >= 0.6 is 23.2 Å². The van der Waals surface area contributed by atoms with Crippen LogP contribution in [0.25, 0.3) is 11.1 Å². The second-order valence-electron chi connectivity index (χ2n) is 7.26. The molecule has 0 bridgehead atoms. The lowest BCUT2D eigenvalue weighted by molar-refractivity contribution is 0.0789. The molecule has 4 nitrogen and oxygen atoms in total. The zero-order chi connectivity index (χ0) is 21.3. The summed E-state index contributed by atoms with van der Waals surface area (Å²) in [5, 5.41) is 10.6. The number of ether oxygens (including phenoxy) is 1. The van der Waals surface area contributed by atoms with E-state index in [4.69, 9.17) is 27.9 Å². The monoisotopic (exact) mass is 441 g/mol. The van der Waals surface area contributed by atoms with Crippen LogP contribution in [0.2, 0.25) is 10.0 Å². The highest BCUT2D eigenvalue weighted by Crippen LogP contribution is 2.44. The van der Waals surface area contributed by atoms with E-state index in [0.29, 0.717) is 15.6 Å². The van der Waals surface area contributed by atoms with Gasteiger partial charge in [-0.1, -0.05) is 83.9 Å². The summed E-state index contributed by atoms with van der Waals surface area (Å²) < 4.78 is 5.68. The Morgan fingerprint density at radius 3 is 2.20 bits per heavy atom. The summed E-state index contributed by atoms with van der Waals surface area (Å²) in [4.78, 5) is 14.2. The number of hydrogen-bond donors (Lipinski definition) is 1. The van der Waals surface area contributed by atoms with Crippen molar-refractivity contribution in [3.63, 3.8) is 0 Å². The van der Waals surface area contributed by atoms with Crippen LogP contribution in [0.3, 0.4) is 0 Å². The zero-order valence-corrected chi connectivity index (χ0v) is 17.9. The van der Waals surface area contributed by atoms with Crippen LogP contribution in [0.15, 0.2) is 66.7 Å². The number of fused-ring (bicyclic) bond motifs is 3. The van der Waals surface area contributed by atoms with Crippen LogP contribution in [-0.2, 0) is 4.74 Å². The largest absolute Gasteiger partial charge is 0.448 e. The van der Waals surface area contributed by atoms with Crippen molar-refractivity contribution < 1.29 is 14.6 Å². The van der Waals surface area contributed by atoms with E-state index in [9.17, 15) is 9.90 Å². The van der Waals surface area contributed by atoms with Gasteiger partial charge in [0.05, 0.1) is 22.7 Å². The maximum atomic E-state index is 12.8. The third-order valence-electron chi connectivity index (χ3n) is 5.60. The Bertz CT molecular complexity index is 1040. The van der Waals surface area contributed by atoms with Gasteiger partial charge in [0.25, 0.3) is 0 Å². The Morgan fingerprint density at radius 2 is 1.60 bits per heavy atom. The number of aliphatic hydroxyl groups is 1. The number of carbonyl (C=O) groups excluding carboxylic acids is 1. The molecule has 0 aliphatic heterocycles. The first-order valence-electron chi connectivity index (χ1n) is 9.65. The quantitative estimate of drug-likeness (QED) is 0.535. The third kappa shape index (κ3) is 3.67. The Balaban J connectivity index is 1.53. The molecule has 0 aromatic heterocycles. The minimum atomic E-state index is -0.660. The van der Waals surface area contributed by atoms with Gasteiger partial charge in [-0.3, -0.25) is 0 Å². The van der Waals surface area contributed by atoms with E-state index >= 15 is 0 Å². The van der Waals surface area contributed by atoms with E-state index in [2.05, 4.69) is 24.3 Å². The van der Waals surface area contributed by atoms with Crippen LogP contribution in [0, 0.1) is 0 Å². The average Bonchev–Trinajstić information content (AvgIpc) is 3.09. The van der Waals surface area contributed by atoms with E-state index in [-0.39, 0.29) is 19.1 Å². The second-order valence-corrected chi connectivity index (χ2v) is 8.04. The molecular weight excluding hydrogens is 421 g/mol. The van der Waals surface area contributed by atoms with E-state index in [1.54, 1.807) is 25.2 Å². The number of amides is 1. The van der Waals surface area contributed by atoms with Gasteiger partial charge in [-0.15, -0.1) is 0 Å². The molecule has 1 amide bonds. The summed E-state index contributed by atoms with van der Waals surface area (Å²) in [7, 11) is 1.58. The minimum Gasteiger partial charge on any atom is -0.448 e. The van der Waals surface area contributed by atoms with Gasteiger partial charge in [-0.05, 0) is 33.9 Å². The molecule has 0 spiro atoms. The molecule has 3 aromatic rings. The lowest BCUT2D eigenvalue weighted by Crippen LogP contribution is -2.34. The number of aliphatic hydroxyl groups excluding tert-OH is 1. The Labute approximate surface area is 185 Å². The molecule has 4 rings (SSSR count). The van der Waals surface area contributed by atoms with Crippen molar-refractivity contribution in [1.82, 2.24) is 4.90 Å². The van der Waals surface area contributed by atoms with Crippen molar-refractivity contribution >= 4 is 29.3 Å². The molecule has 0 fully saturated rings. The molecule has 0 saturated carbocycles. The number of benzene rings is 3. The first-order chi connectivity index (χ1) is 14.5. The molecule has 3 aromatic carbocycles. The summed E-state index contributed by atoms with van der Waals surface area (Å²) in [6.45, 7) is -0.0978. The molecule has 1 atom stereocenters. The summed E-state index contributed by atoms with van der Waals surface area (Å²) in [6, 6.07) is 20.8. The van der Waals surface area contributed by atoms with Crippen molar-refractivity contribution in [3.05, 3.63) is 93.5 Å². The van der Waals surface area contributed by atoms with Crippen molar-refractivity contribution in [3.8, 4) is 11.1 Å². The summed E-state index contributed by atoms with van der Waals surface area (Å²) in [5.74, 6) is -0.0305. The first kappa shape index (κ1) is 20.7. The Hall–Kier alpha value is -2.53. The topological polar surface area (TPSA) is 49.8 Å². The van der Waals surface area contributed by atoms with Crippen molar-refractivity contribution in [2.24, 2.45) is 0 Å². The van der Waals surface area contributed by atoms with E-state index < -0.39 is 12.1 Å². The number of halogens is 2. The lowest BCUT2D eigenvalue weighted by atomic mass is 9.98. The molecule has 0 heterocycles. The number of rotatable bonds is 5. The number of carbonyl (C=O) groups is 1. The van der Waals surface area contributed by atoms with Gasteiger partial charge in [-0.25, -0.2) is 4.79 Å². The second kappa shape index (κ2) is 8.68. The molecule has 6 heteroatoms. The van der Waals surface area contributed by atoms with Gasteiger partial charge >= 0.3 is 6.09 Å². The highest BCUT2D eigenvalue weighted by atomic mass is 35.5. The minimum absolute atomic E-state index is 0.0305. The molecule has 30 heavy (non-hydrogen) atoms. The van der Waals surface area contributed by atoms with Crippen molar-refractivity contribution in [1.29, 1.82) is 0 Å². The first-order valence-corrected chi connectivity index (χ1v) is 10.4. The lowest BCUT2D eigenvalue weighted by Gasteiger charge is -2.28. The fourth-order valence-corrected chi connectivity index (χ4v) is 4.46. The average molecular weight is 442 g/mol. The van der Waals surface area contributed by atoms with Gasteiger partial charge < -0.3 is 14.7 Å². The molecule has 1 unspecified atom stereocenters. The summed E-state index contributed by atoms with van der Waals surface area (Å²) in [5.41, 5.74) is 5.20. The normalized spacial score (nSPS) is 13.5. The van der Waals surface area contributed by atoms with E-state index in [1.165, 1.54) is 16.0 Å². The smallest absolute Gasteiger partial charge is 0.410 e. The van der Waals surface area contributed by atoms with Crippen molar-refractivity contribution in [2.45, 2.75) is 12.0 Å². The molecular formula is C24H21Cl2NO3. The van der Waals surface area contributed by atoms with Crippen LogP contribution < -0.4 is 0 Å². The molecule has 154 valence electrons. The van der Waals surface area contributed by atoms with Crippen molar-refractivity contribution in [2.75, 3.05) is 20.3 Å². The predicted molar refractivity (Wildman–Crippen MR) is 119 cm³/mol. The highest BCUT2D eigenvalue weighted by Gasteiger charge is 2.31. The van der Waals surface area contributed by atoms with Gasteiger partial charge in [0.15, 0.2) is 0 Å². The third-order valence-corrected chi connectivity index (χ3v) is 6.44. The highest BCUT2D eigenvalue weighted by molar-refractivity contribution is 6.42. The van der Waals surface area contributed by atoms with Gasteiger partial charge in [0.1, 0.15) is 6.61 Å². The van der Waals surface area contributed by atoms with Crippen LogP contribution in [0.5, 0.6) is 0 Å². The van der Waals surface area contributed by atoms with E-state index in [0.717, 1.165) is 11.1 Å². The number of hydrogen-bond acceptors (Lipinski definition) is 3. The molecule has 0 saturated heterocycles. The van der Waals surface area contributed by atoms with Crippen LogP contribution in [0.1, 0.15) is 28.7 Å². The Morgan fingerprint density at radius 1 is 1.00 bits per heavy atom. The zero-order valence-electron chi connectivity index (χ0n) is 16.4. The molecule has 1 N–H and O–H groups in total. The maximum absolute atomic E-state index is 12.8. The van der Waals surface area contributed by atoms with Gasteiger partial charge in [0.2, 0.25) is 0 Å².